The predicted octanol–water partition coefficient (Wildman–Crippen LogP) is 4.53. The molecule has 3 aromatic heterocycles. The van der Waals surface area contributed by atoms with E-state index in [-0.39, 0.29) is 18.1 Å². The number of amides is 1. The molecule has 1 saturated carbocycles. The third-order valence-corrected chi connectivity index (χ3v) is 6.94. The van der Waals surface area contributed by atoms with Gasteiger partial charge in [-0.3, -0.25) is 0 Å². The number of rotatable bonds is 5. The van der Waals surface area contributed by atoms with Gasteiger partial charge in [0.1, 0.15) is 22.8 Å². The van der Waals surface area contributed by atoms with Crippen molar-refractivity contribution >= 4 is 40.5 Å². The molecule has 1 aliphatic heterocycles. The van der Waals surface area contributed by atoms with Crippen molar-refractivity contribution in [2.24, 2.45) is 0 Å². The van der Waals surface area contributed by atoms with Crippen LogP contribution in [0, 0.1) is 0 Å². The fourth-order valence-corrected chi connectivity index (χ4v) is 5.10. The molecule has 0 bridgehead atoms. The van der Waals surface area contributed by atoms with Gasteiger partial charge in [0.05, 0.1) is 19.0 Å². The molecule has 11 nitrogen and oxygen atoms in total. The summed E-state index contributed by atoms with van der Waals surface area (Å²) in [7, 11) is 1.40. The van der Waals surface area contributed by atoms with Gasteiger partial charge in [0, 0.05) is 43.8 Å². The average molecular weight is 522 g/mol. The maximum atomic E-state index is 12.5. The quantitative estimate of drug-likeness (QED) is 0.484. The fourth-order valence-electron chi connectivity index (χ4n) is 5.10. The topological polar surface area (TPSA) is 115 Å². The van der Waals surface area contributed by atoms with Crippen LogP contribution in [0.15, 0.2) is 30.6 Å². The number of nitrogens with one attached hydrogen (secondary N) is 1. The summed E-state index contributed by atoms with van der Waals surface area (Å²) >= 11 is 0. The molecule has 5 rings (SSSR count). The van der Waals surface area contributed by atoms with E-state index in [1.54, 1.807) is 23.4 Å². The number of pyridine rings is 1. The highest BCUT2D eigenvalue weighted by atomic mass is 16.6. The number of ether oxygens (including phenoxy) is 2. The van der Waals surface area contributed by atoms with E-state index in [2.05, 4.69) is 20.2 Å². The molecule has 0 unspecified atom stereocenters. The lowest BCUT2D eigenvalue weighted by atomic mass is 10.2. The van der Waals surface area contributed by atoms with E-state index >= 15 is 0 Å². The fraction of sp³-hybridized carbons (Fsp3) is 0.519. The van der Waals surface area contributed by atoms with Crippen LogP contribution < -0.4 is 10.2 Å². The summed E-state index contributed by atoms with van der Waals surface area (Å²) < 4.78 is 12.5. The number of methoxy groups -OCH3 is 1. The summed E-state index contributed by atoms with van der Waals surface area (Å²) in [5.41, 5.74) is 1.70. The third-order valence-electron chi connectivity index (χ3n) is 6.94. The van der Waals surface area contributed by atoms with Crippen molar-refractivity contribution in [1.29, 1.82) is 0 Å². The molecule has 0 aromatic carbocycles. The van der Waals surface area contributed by atoms with Gasteiger partial charge in [0.2, 0.25) is 5.95 Å². The Morgan fingerprint density at radius 3 is 2.39 bits per heavy atom. The maximum Gasteiger partial charge on any atom is 0.410 e. The Labute approximate surface area is 222 Å². The van der Waals surface area contributed by atoms with E-state index in [1.807, 2.05) is 37.5 Å². The first-order valence-electron chi connectivity index (χ1n) is 13.1. The number of esters is 1. The number of hydrogen-bond acceptors (Lipinski definition) is 9. The summed E-state index contributed by atoms with van der Waals surface area (Å²) in [5, 5.41) is 3.99. The summed E-state index contributed by atoms with van der Waals surface area (Å²) in [6, 6.07) is 5.91. The zero-order valence-electron chi connectivity index (χ0n) is 22.4. The van der Waals surface area contributed by atoms with E-state index in [1.165, 1.54) is 7.11 Å². The van der Waals surface area contributed by atoms with E-state index in [9.17, 15) is 9.59 Å². The molecule has 2 fully saturated rings. The smallest absolute Gasteiger partial charge is 0.410 e. The first-order valence-corrected chi connectivity index (χ1v) is 13.1. The molecule has 4 heterocycles. The van der Waals surface area contributed by atoms with Crippen molar-refractivity contribution in [3.05, 3.63) is 36.3 Å². The second-order valence-corrected chi connectivity index (χ2v) is 10.8. The van der Waals surface area contributed by atoms with Gasteiger partial charge in [-0.15, -0.1) is 0 Å². The Morgan fingerprint density at radius 1 is 1.03 bits per heavy atom. The van der Waals surface area contributed by atoms with E-state index in [0.717, 1.165) is 36.8 Å². The Hall–Kier alpha value is -3.89. The van der Waals surface area contributed by atoms with Gasteiger partial charge >= 0.3 is 12.1 Å². The zero-order valence-corrected chi connectivity index (χ0v) is 22.4. The minimum Gasteiger partial charge on any atom is -0.464 e. The van der Waals surface area contributed by atoms with Gasteiger partial charge < -0.3 is 29.2 Å². The van der Waals surface area contributed by atoms with Crippen LogP contribution in [-0.2, 0) is 9.47 Å². The summed E-state index contributed by atoms with van der Waals surface area (Å²) in [4.78, 5) is 42.5. The summed E-state index contributed by atoms with van der Waals surface area (Å²) in [5.74, 6) is 0.665. The molecule has 0 atom stereocenters. The molecule has 11 heteroatoms. The molecule has 38 heavy (non-hydrogen) atoms. The number of fused-ring (bicyclic) bond motifs is 1. The Kier molecular flexibility index (Phi) is 7.09. The lowest BCUT2D eigenvalue weighted by Gasteiger charge is -2.36. The monoisotopic (exact) mass is 521 g/mol. The van der Waals surface area contributed by atoms with Crippen LogP contribution in [0.1, 0.15) is 63.0 Å². The van der Waals surface area contributed by atoms with Gasteiger partial charge in [0.25, 0.3) is 0 Å². The van der Waals surface area contributed by atoms with Crippen LogP contribution in [0.4, 0.5) is 22.2 Å². The summed E-state index contributed by atoms with van der Waals surface area (Å²) in [6.07, 6.45) is 7.54. The molecule has 0 spiro atoms. The van der Waals surface area contributed by atoms with Gasteiger partial charge in [-0.1, -0.05) is 12.8 Å². The number of hydrogen-bond donors (Lipinski definition) is 1. The molecule has 2 aliphatic rings. The lowest BCUT2D eigenvalue weighted by molar-refractivity contribution is 0.0240. The highest BCUT2D eigenvalue weighted by Crippen LogP contribution is 2.34. The molecule has 1 saturated heterocycles. The van der Waals surface area contributed by atoms with E-state index in [0.29, 0.717) is 49.3 Å². The van der Waals surface area contributed by atoms with Gasteiger partial charge in [-0.25, -0.2) is 19.6 Å². The van der Waals surface area contributed by atoms with Crippen molar-refractivity contribution in [3.8, 4) is 0 Å². The van der Waals surface area contributed by atoms with Gasteiger partial charge in [0.15, 0.2) is 0 Å². The normalized spacial score (nSPS) is 16.6. The largest absolute Gasteiger partial charge is 0.464 e. The highest BCUT2D eigenvalue weighted by Gasteiger charge is 2.27. The minimum absolute atomic E-state index is 0.220. The van der Waals surface area contributed by atoms with Crippen LogP contribution in [0.25, 0.3) is 11.0 Å². The third kappa shape index (κ3) is 5.51. The van der Waals surface area contributed by atoms with E-state index < -0.39 is 5.60 Å². The number of anilines is 3. The molecular formula is C27H35N7O4. The Bertz CT molecular complexity index is 1300. The molecule has 1 N–H and O–H groups in total. The molecule has 1 amide bonds. The standard InChI is InChI=1S/C27H35N7O4/c1-27(2,3)38-26(36)33-13-11-32(12-14-33)20-9-10-22(28-17-20)30-25-29-16-18-15-21(24(35)37-4)34(23(18)31-25)19-7-5-6-8-19/h9-10,15-17,19H,5-8,11-14H2,1-4H3,(H,28,29,30,31). The highest BCUT2D eigenvalue weighted by molar-refractivity contribution is 5.94. The maximum absolute atomic E-state index is 12.5. The van der Waals surface area contributed by atoms with Gasteiger partial charge in [-0.05, 0) is 51.8 Å². The van der Waals surface area contributed by atoms with Gasteiger partial charge in [-0.2, -0.15) is 4.98 Å². The molecule has 0 radical (unpaired) electrons. The number of carbonyl (C=O) groups is 2. The Balaban J connectivity index is 1.27. The summed E-state index contributed by atoms with van der Waals surface area (Å²) in [6.45, 7) is 8.21. The van der Waals surface area contributed by atoms with Crippen LogP contribution >= 0.6 is 0 Å². The zero-order chi connectivity index (χ0) is 26.9. The first kappa shape index (κ1) is 25.7. The first-order chi connectivity index (χ1) is 18.2. The molecular weight excluding hydrogens is 486 g/mol. The van der Waals surface area contributed by atoms with Crippen LogP contribution in [0.5, 0.6) is 0 Å². The van der Waals surface area contributed by atoms with Crippen LogP contribution in [0.2, 0.25) is 0 Å². The second-order valence-electron chi connectivity index (χ2n) is 10.8. The van der Waals surface area contributed by atoms with Crippen LogP contribution in [0.3, 0.4) is 0 Å². The number of nitrogens with zero attached hydrogens (tertiary/aromatic N) is 6. The minimum atomic E-state index is -0.502. The lowest BCUT2D eigenvalue weighted by Crippen LogP contribution is -2.50. The second kappa shape index (κ2) is 10.5. The molecule has 3 aromatic rings. The SMILES string of the molecule is COC(=O)c1cc2cnc(Nc3ccc(N4CCN(C(=O)OC(C)(C)C)CC4)cn3)nc2n1C1CCCC1. The molecule has 202 valence electrons. The van der Waals surface area contributed by atoms with Crippen LogP contribution in [-0.4, -0.2) is 75.4 Å². The Morgan fingerprint density at radius 2 is 1.76 bits per heavy atom. The van der Waals surface area contributed by atoms with Crippen molar-refractivity contribution in [2.75, 3.05) is 43.5 Å². The van der Waals surface area contributed by atoms with Crippen molar-refractivity contribution in [3.63, 3.8) is 0 Å². The van der Waals surface area contributed by atoms with Crippen molar-refractivity contribution in [1.82, 2.24) is 24.4 Å². The molecule has 1 aliphatic carbocycles. The van der Waals surface area contributed by atoms with Crippen molar-refractivity contribution in [2.45, 2.75) is 58.1 Å². The number of carbonyl (C=O) groups excluding carboxylic acids is 2. The average Bonchev–Trinajstić information content (AvgIpc) is 3.55. The van der Waals surface area contributed by atoms with E-state index in [4.69, 9.17) is 14.5 Å². The van der Waals surface area contributed by atoms with Crippen molar-refractivity contribution < 1.29 is 19.1 Å². The predicted molar refractivity (Wildman–Crippen MR) is 144 cm³/mol. The number of aromatic nitrogens is 4. The number of piperazine rings is 1.